The van der Waals surface area contributed by atoms with Gasteiger partial charge in [0.15, 0.2) is 0 Å². The molecular weight excluding hydrogens is 166 g/mol. The van der Waals surface area contributed by atoms with E-state index in [1.165, 1.54) is 0 Å². The molecule has 4 heteroatoms. The van der Waals surface area contributed by atoms with Gasteiger partial charge in [-0.3, -0.25) is 4.79 Å². The Kier molecular flexibility index (Phi) is 5.09. The summed E-state index contributed by atoms with van der Waals surface area (Å²) >= 11 is 0. The average molecular weight is 183 g/mol. The Bertz CT molecular complexity index is 207. The molecule has 1 amide bonds. The predicted octanol–water partition coefficient (Wildman–Crippen LogP) is 0.212. The van der Waals surface area contributed by atoms with Crippen LogP contribution in [0.4, 0.5) is 0 Å². The summed E-state index contributed by atoms with van der Waals surface area (Å²) in [5.74, 6) is -0.763. The second-order valence-corrected chi connectivity index (χ2v) is 3.52. The standard InChI is InChI=1S/C9H17N3O/c1-7(5-10)9(13)11-8(2)6-12(3)4/h7-8H,6H2,1-4H3,(H,11,13). The molecule has 0 rings (SSSR count). The van der Waals surface area contributed by atoms with Crippen LogP contribution in [0.25, 0.3) is 0 Å². The first-order valence-electron chi connectivity index (χ1n) is 4.32. The quantitative estimate of drug-likeness (QED) is 0.678. The van der Waals surface area contributed by atoms with Gasteiger partial charge in [0.05, 0.1) is 6.07 Å². The number of nitrogens with zero attached hydrogens (tertiary/aromatic N) is 2. The molecule has 0 heterocycles. The molecule has 0 aromatic heterocycles. The third-order valence-corrected chi connectivity index (χ3v) is 1.61. The molecule has 0 aromatic rings. The van der Waals surface area contributed by atoms with Gasteiger partial charge in [-0.15, -0.1) is 0 Å². The zero-order valence-electron chi connectivity index (χ0n) is 8.66. The first kappa shape index (κ1) is 11.9. The molecule has 2 unspecified atom stereocenters. The molecule has 0 aromatic carbocycles. The zero-order valence-corrected chi connectivity index (χ0v) is 8.66. The van der Waals surface area contributed by atoms with Crippen LogP contribution in [0.2, 0.25) is 0 Å². The highest BCUT2D eigenvalue weighted by atomic mass is 16.1. The summed E-state index contributed by atoms with van der Waals surface area (Å²) in [5, 5.41) is 11.2. The van der Waals surface area contributed by atoms with Crippen molar-refractivity contribution in [3.8, 4) is 6.07 Å². The molecule has 0 spiro atoms. The number of nitrogens with one attached hydrogen (secondary N) is 1. The van der Waals surface area contributed by atoms with Gasteiger partial charge < -0.3 is 10.2 Å². The number of amides is 1. The van der Waals surface area contributed by atoms with Crippen LogP contribution in [0, 0.1) is 17.2 Å². The maximum atomic E-state index is 11.2. The molecule has 0 aliphatic rings. The van der Waals surface area contributed by atoms with Gasteiger partial charge in [-0.25, -0.2) is 0 Å². The summed E-state index contributed by atoms with van der Waals surface area (Å²) in [5.41, 5.74) is 0. The molecule has 0 saturated carbocycles. The largest absolute Gasteiger partial charge is 0.351 e. The summed E-state index contributed by atoms with van der Waals surface area (Å²) < 4.78 is 0. The van der Waals surface area contributed by atoms with Crippen LogP contribution in [0.3, 0.4) is 0 Å². The second kappa shape index (κ2) is 5.55. The number of hydrogen-bond acceptors (Lipinski definition) is 3. The maximum absolute atomic E-state index is 11.2. The normalized spacial score (nSPS) is 14.8. The Hall–Kier alpha value is -1.08. The lowest BCUT2D eigenvalue weighted by atomic mass is 10.2. The molecule has 0 saturated heterocycles. The molecular formula is C9H17N3O. The first-order chi connectivity index (χ1) is 5.97. The van der Waals surface area contributed by atoms with E-state index >= 15 is 0 Å². The summed E-state index contributed by atoms with van der Waals surface area (Å²) in [4.78, 5) is 13.2. The van der Waals surface area contributed by atoms with E-state index in [9.17, 15) is 4.79 Å². The van der Waals surface area contributed by atoms with E-state index in [-0.39, 0.29) is 11.9 Å². The summed E-state index contributed by atoms with van der Waals surface area (Å²) in [7, 11) is 3.88. The molecule has 0 bridgehead atoms. The van der Waals surface area contributed by atoms with Crippen molar-refractivity contribution in [2.75, 3.05) is 20.6 Å². The highest BCUT2D eigenvalue weighted by molar-refractivity contribution is 5.80. The van der Waals surface area contributed by atoms with E-state index < -0.39 is 5.92 Å². The minimum atomic E-state index is -0.565. The Labute approximate surface area is 79.5 Å². The van der Waals surface area contributed by atoms with Crippen molar-refractivity contribution in [2.24, 2.45) is 5.92 Å². The highest BCUT2D eigenvalue weighted by Crippen LogP contribution is 1.93. The van der Waals surface area contributed by atoms with E-state index in [1.54, 1.807) is 6.92 Å². The molecule has 74 valence electrons. The topological polar surface area (TPSA) is 56.1 Å². The fraction of sp³-hybridized carbons (Fsp3) is 0.778. The highest BCUT2D eigenvalue weighted by Gasteiger charge is 2.14. The van der Waals surface area contributed by atoms with Crippen LogP contribution < -0.4 is 5.32 Å². The van der Waals surface area contributed by atoms with Gasteiger partial charge in [-0.2, -0.15) is 5.26 Å². The number of carbonyl (C=O) groups excluding carboxylic acids is 1. The van der Waals surface area contributed by atoms with Crippen LogP contribution in [0.15, 0.2) is 0 Å². The minimum absolute atomic E-state index is 0.0818. The Balaban J connectivity index is 3.86. The lowest BCUT2D eigenvalue weighted by Crippen LogP contribution is -2.41. The van der Waals surface area contributed by atoms with Gasteiger partial charge in [-0.1, -0.05) is 0 Å². The summed E-state index contributed by atoms with van der Waals surface area (Å²) in [6.07, 6.45) is 0. The summed E-state index contributed by atoms with van der Waals surface area (Å²) in [6, 6.07) is 1.98. The molecule has 2 atom stereocenters. The lowest BCUT2D eigenvalue weighted by molar-refractivity contribution is -0.123. The molecule has 1 N–H and O–H groups in total. The minimum Gasteiger partial charge on any atom is -0.351 e. The number of hydrogen-bond donors (Lipinski definition) is 1. The predicted molar refractivity (Wildman–Crippen MR) is 50.9 cm³/mol. The fourth-order valence-corrected chi connectivity index (χ4v) is 1.02. The van der Waals surface area contributed by atoms with Crippen LogP contribution >= 0.6 is 0 Å². The smallest absolute Gasteiger partial charge is 0.237 e. The van der Waals surface area contributed by atoms with Crippen LogP contribution in [0.1, 0.15) is 13.8 Å². The molecule has 0 fully saturated rings. The number of rotatable bonds is 4. The third-order valence-electron chi connectivity index (χ3n) is 1.61. The first-order valence-corrected chi connectivity index (χ1v) is 4.32. The SMILES string of the molecule is CC(CN(C)C)NC(=O)C(C)C#N. The number of carbonyl (C=O) groups is 1. The van der Waals surface area contributed by atoms with E-state index in [1.807, 2.05) is 32.0 Å². The van der Waals surface area contributed by atoms with Gasteiger partial charge in [-0.05, 0) is 27.9 Å². The maximum Gasteiger partial charge on any atom is 0.237 e. The van der Waals surface area contributed by atoms with E-state index in [2.05, 4.69) is 5.32 Å². The van der Waals surface area contributed by atoms with Gasteiger partial charge >= 0.3 is 0 Å². The Morgan fingerprint density at radius 1 is 1.54 bits per heavy atom. The zero-order chi connectivity index (χ0) is 10.4. The molecule has 4 nitrogen and oxygen atoms in total. The van der Waals surface area contributed by atoms with Crippen molar-refractivity contribution in [3.05, 3.63) is 0 Å². The fourth-order valence-electron chi connectivity index (χ4n) is 1.02. The van der Waals surface area contributed by atoms with Crippen LogP contribution in [-0.4, -0.2) is 37.5 Å². The second-order valence-electron chi connectivity index (χ2n) is 3.52. The van der Waals surface area contributed by atoms with Crippen molar-refractivity contribution < 1.29 is 4.79 Å². The monoisotopic (exact) mass is 183 g/mol. The molecule has 0 aliphatic heterocycles. The van der Waals surface area contributed by atoms with Gasteiger partial charge in [0.25, 0.3) is 0 Å². The van der Waals surface area contributed by atoms with Crippen molar-refractivity contribution >= 4 is 5.91 Å². The number of likely N-dealkylation sites (N-methyl/N-ethyl adjacent to an activating group) is 1. The van der Waals surface area contributed by atoms with E-state index in [0.29, 0.717) is 0 Å². The third kappa shape index (κ3) is 5.21. The Morgan fingerprint density at radius 3 is 2.46 bits per heavy atom. The number of nitriles is 1. The van der Waals surface area contributed by atoms with Crippen molar-refractivity contribution in [2.45, 2.75) is 19.9 Å². The van der Waals surface area contributed by atoms with Crippen molar-refractivity contribution in [1.29, 1.82) is 5.26 Å². The Morgan fingerprint density at radius 2 is 2.08 bits per heavy atom. The van der Waals surface area contributed by atoms with Gasteiger partial charge in [0.2, 0.25) is 5.91 Å². The van der Waals surface area contributed by atoms with E-state index in [4.69, 9.17) is 5.26 Å². The van der Waals surface area contributed by atoms with Gasteiger partial charge in [0.1, 0.15) is 5.92 Å². The summed E-state index contributed by atoms with van der Waals surface area (Å²) in [6.45, 7) is 4.30. The molecule has 0 aliphatic carbocycles. The van der Waals surface area contributed by atoms with E-state index in [0.717, 1.165) is 6.54 Å². The van der Waals surface area contributed by atoms with Crippen LogP contribution in [-0.2, 0) is 4.79 Å². The van der Waals surface area contributed by atoms with Crippen molar-refractivity contribution in [1.82, 2.24) is 10.2 Å². The van der Waals surface area contributed by atoms with Crippen LogP contribution in [0.5, 0.6) is 0 Å². The average Bonchev–Trinajstić information content (AvgIpc) is 2.01. The molecule has 13 heavy (non-hydrogen) atoms. The molecule has 0 radical (unpaired) electrons. The van der Waals surface area contributed by atoms with Crippen molar-refractivity contribution in [3.63, 3.8) is 0 Å². The lowest BCUT2D eigenvalue weighted by Gasteiger charge is -2.18. The van der Waals surface area contributed by atoms with Gasteiger partial charge in [0, 0.05) is 12.6 Å².